The van der Waals surface area contributed by atoms with Gasteiger partial charge in [0.15, 0.2) is 6.54 Å². The maximum Gasteiger partial charge on any atom is 0.275 e. The first-order chi connectivity index (χ1) is 13.8. The summed E-state index contributed by atoms with van der Waals surface area (Å²) in [6.45, 7) is 6.91. The topological polar surface area (TPSA) is 96.9 Å². The molecule has 0 bridgehead atoms. The van der Waals surface area contributed by atoms with E-state index < -0.39 is 10.0 Å². The maximum atomic E-state index is 12.3. The van der Waals surface area contributed by atoms with Crippen LogP contribution < -0.4 is 20.3 Å². The number of sulfonamides is 1. The molecule has 1 aliphatic heterocycles. The van der Waals surface area contributed by atoms with E-state index >= 15 is 0 Å². The summed E-state index contributed by atoms with van der Waals surface area (Å²) in [6, 6.07) is 14.8. The van der Waals surface area contributed by atoms with Gasteiger partial charge in [-0.3, -0.25) is 4.79 Å². The van der Waals surface area contributed by atoms with Crippen molar-refractivity contribution in [2.24, 2.45) is 5.14 Å². The largest absolute Gasteiger partial charge is 0.360 e. The summed E-state index contributed by atoms with van der Waals surface area (Å²) in [5, 5.41) is 8.05. The zero-order valence-corrected chi connectivity index (χ0v) is 17.5. The Balaban J connectivity index is 1.39. The van der Waals surface area contributed by atoms with E-state index in [-0.39, 0.29) is 10.8 Å². The number of nitrogens with two attached hydrogens (primary N) is 1. The second-order valence-corrected chi connectivity index (χ2v) is 9.05. The molecule has 0 radical (unpaired) electrons. The van der Waals surface area contributed by atoms with E-state index in [0.29, 0.717) is 19.5 Å². The lowest BCUT2D eigenvalue weighted by Gasteiger charge is -2.34. The molecule has 0 aliphatic carbocycles. The van der Waals surface area contributed by atoms with Crippen LogP contribution in [0.15, 0.2) is 53.4 Å². The van der Waals surface area contributed by atoms with Crippen LogP contribution in [0.1, 0.15) is 11.1 Å². The van der Waals surface area contributed by atoms with Gasteiger partial charge in [-0.2, -0.15) is 0 Å². The monoisotopic (exact) mass is 417 g/mol. The molecule has 0 unspecified atom stereocenters. The molecular formula is C21H29N4O3S+. The fourth-order valence-corrected chi connectivity index (χ4v) is 4.16. The van der Waals surface area contributed by atoms with Gasteiger partial charge in [0, 0.05) is 12.2 Å². The van der Waals surface area contributed by atoms with Crippen molar-refractivity contribution in [1.82, 2.24) is 5.32 Å². The molecule has 156 valence electrons. The fourth-order valence-electron chi connectivity index (χ4n) is 3.64. The predicted molar refractivity (Wildman–Crippen MR) is 113 cm³/mol. The molecule has 0 spiro atoms. The number of nitrogens with one attached hydrogen (secondary N) is 2. The van der Waals surface area contributed by atoms with Crippen molar-refractivity contribution in [2.45, 2.75) is 18.2 Å². The van der Waals surface area contributed by atoms with Gasteiger partial charge < -0.3 is 15.1 Å². The molecule has 2 aromatic rings. The third-order valence-electron chi connectivity index (χ3n) is 5.32. The number of benzene rings is 2. The van der Waals surface area contributed by atoms with E-state index in [4.69, 9.17) is 5.14 Å². The summed E-state index contributed by atoms with van der Waals surface area (Å²) in [5.41, 5.74) is 3.52. The van der Waals surface area contributed by atoms with Crippen LogP contribution in [0.5, 0.6) is 0 Å². The summed E-state index contributed by atoms with van der Waals surface area (Å²) in [6.07, 6.45) is 0.646. The number of hydrogen-bond acceptors (Lipinski definition) is 4. The number of amides is 1. The van der Waals surface area contributed by atoms with Crippen LogP contribution >= 0.6 is 0 Å². The predicted octanol–water partition coefficient (Wildman–Crippen LogP) is -0.294. The third kappa shape index (κ3) is 6.03. The second kappa shape index (κ2) is 9.39. The molecule has 3 rings (SSSR count). The first-order valence-corrected chi connectivity index (χ1v) is 11.4. The molecule has 0 aromatic heterocycles. The highest BCUT2D eigenvalue weighted by molar-refractivity contribution is 7.89. The molecular weight excluding hydrogens is 388 g/mol. The van der Waals surface area contributed by atoms with Crippen LogP contribution in [0.4, 0.5) is 5.69 Å². The van der Waals surface area contributed by atoms with Crippen molar-refractivity contribution >= 4 is 21.6 Å². The molecule has 1 heterocycles. The van der Waals surface area contributed by atoms with Gasteiger partial charge in [-0.1, -0.05) is 30.3 Å². The Bertz CT molecular complexity index is 937. The fraction of sp³-hybridized carbons (Fsp3) is 0.381. The molecule has 1 aliphatic rings. The SMILES string of the molecule is Cc1ccccc1N1CC[NH+](CC(=O)NCCc2ccc(S(N)(=O)=O)cc2)CC1. The van der Waals surface area contributed by atoms with Gasteiger partial charge >= 0.3 is 0 Å². The number of aryl methyl sites for hydroxylation is 1. The number of quaternary nitrogens is 1. The molecule has 1 amide bonds. The molecule has 1 saturated heterocycles. The summed E-state index contributed by atoms with van der Waals surface area (Å²) in [5.74, 6) is 0.0468. The number of rotatable bonds is 7. The Morgan fingerprint density at radius 2 is 1.76 bits per heavy atom. The Hall–Kier alpha value is -2.42. The average molecular weight is 418 g/mol. The van der Waals surface area contributed by atoms with Gasteiger partial charge in [0.05, 0.1) is 31.1 Å². The molecule has 4 N–H and O–H groups in total. The van der Waals surface area contributed by atoms with E-state index in [1.165, 1.54) is 28.3 Å². The number of carbonyl (C=O) groups is 1. The van der Waals surface area contributed by atoms with Gasteiger partial charge in [-0.05, 0) is 42.7 Å². The van der Waals surface area contributed by atoms with E-state index in [1.54, 1.807) is 12.1 Å². The van der Waals surface area contributed by atoms with Crippen LogP contribution in [0, 0.1) is 6.92 Å². The van der Waals surface area contributed by atoms with Gasteiger partial charge in [0.25, 0.3) is 5.91 Å². The molecule has 2 aromatic carbocycles. The van der Waals surface area contributed by atoms with Crippen LogP contribution in [-0.2, 0) is 21.2 Å². The Labute approximate surface area is 172 Å². The number of carbonyl (C=O) groups excluding carboxylic acids is 1. The lowest BCUT2D eigenvalue weighted by molar-refractivity contribution is -0.892. The van der Waals surface area contributed by atoms with Crippen molar-refractivity contribution in [3.8, 4) is 0 Å². The third-order valence-corrected chi connectivity index (χ3v) is 6.25. The van der Waals surface area contributed by atoms with Crippen molar-refractivity contribution in [1.29, 1.82) is 0 Å². The minimum Gasteiger partial charge on any atom is -0.360 e. The molecule has 0 atom stereocenters. The Morgan fingerprint density at radius 3 is 2.38 bits per heavy atom. The van der Waals surface area contributed by atoms with E-state index in [2.05, 4.69) is 41.4 Å². The highest BCUT2D eigenvalue weighted by Crippen LogP contribution is 2.18. The zero-order valence-electron chi connectivity index (χ0n) is 16.7. The number of hydrogen-bond donors (Lipinski definition) is 3. The molecule has 7 nitrogen and oxygen atoms in total. The quantitative estimate of drug-likeness (QED) is 0.577. The van der Waals surface area contributed by atoms with Crippen molar-refractivity contribution in [3.63, 3.8) is 0 Å². The minimum atomic E-state index is -3.67. The van der Waals surface area contributed by atoms with Crippen molar-refractivity contribution < 1.29 is 18.1 Å². The van der Waals surface area contributed by atoms with Gasteiger partial charge in [-0.25, -0.2) is 13.6 Å². The second-order valence-electron chi connectivity index (χ2n) is 7.49. The zero-order chi connectivity index (χ0) is 20.9. The number of primary sulfonamides is 1. The summed E-state index contributed by atoms with van der Waals surface area (Å²) in [4.78, 5) is 16.0. The van der Waals surface area contributed by atoms with Crippen LogP contribution in [0.25, 0.3) is 0 Å². The summed E-state index contributed by atoms with van der Waals surface area (Å²) >= 11 is 0. The first kappa shape index (κ1) is 21.3. The lowest BCUT2D eigenvalue weighted by Crippen LogP contribution is -3.16. The maximum absolute atomic E-state index is 12.3. The van der Waals surface area contributed by atoms with Crippen LogP contribution in [0.3, 0.4) is 0 Å². The summed E-state index contributed by atoms with van der Waals surface area (Å²) < 4.78 is 22.5. The van der Waals surface area contributed by atoms with Crippen LogP contribution in [-0.4, -0.2) is 53.6 Å². The van der Waals surface area contributed by atoms with E-state index in [9.17, 15) is 13.2 Å². The highest BCUT2D eigenvalue weighted by Gasteiger charge is 2.22. The molecule has 8 heteroatoms. The van der Waals surface area contributed by atoms with Crippen molar-refractivity contribution in [3.05, 3.63) is 59.7 Å². The Kier molecular flexibility index (Phi) is 6.89. The number of nitrogens with zero attached hydrogens (tertiary/aromatic N) is 1. The summed E-state index contributed by atoms with van der Waals surface area (Å²) in [7, 11) is -3.67. The van der Waals surface area contributed by atoms with Gasteiger partial charge in [-0.15, -0.1) is 0 Å². The van der Waals surface area contributed by atoms with Gasteiger partial charge in [0.2, 0.25) is 10.0 Å². The van der Waals surface area contributed by atoms with E-state index in [0.717, 1.165) is 31.7 Å². The highest BCUT2D eigenvalue weighted by atomic mass is 32.2. The van der Waals surface area contributed by atoms with Crippen LogP contribution in [0.2, 0.25) is 0 Å². The Morgan fingerprint density at radius 1 is 1.10 bits per heavy atom. The number of anilines is 1. The lowest BCUT2D eigenvalue weighted by atomic mass is 10.1. The minimum absolute atomic E-state index is 0.0468. The standard InChI is InChI=1S/C21H28N4O3S/c1-17-4-2-3-5-20(17)25-14-12-24(13-15-25)16-21(26)23-11-10-18-6-8-19(9-7-18)29(22,27)28/h2-9H,10-16H2,1H3,(H,23,26)(H2,22,27,28)/p+1. The molecule has 29 heavy (non-hydrogen) atoms. The molecule has 1 fully saturated rings. The first-order valence-electron chi connectivity index (χ1n) is 9.85. The molecule has 0 saturated carbocycles. The number of piperazine rings is 1. The normalized spacial score (nSPS) is 15.3. The van der Waals surface area contributed by atoms with Crippen molar-refractivity contribution in [2.75, 3.05) is 44.2 Å². The average Bonchev–Trinajstić information content (AvgIpc) is 2.69. The smallest absolute Gasteiger partial charge is 0.275 e. The van der Waals surface area contributed by atoms with E-state index in [1.807, 2.05) is 0 Å². The number of para-hydroxylation sites is 1. The van der Waals surface area contributed by atoms with Gasteiger partial charge in [0.1, 0.15) is 0 Å².